The lowest BCUT2D eigenvalue weighted by atomic mass is 10.1. The largest absolute Gasteiger partial charge is 0.482 e. The van der Waals surface area contributed by atoms with E-state index in [0.29, 0.717) is 0 Å². The summed E-state index contributed by atoms with van der Waals surface area (Å²) in [6.45, 7) is 3.50. The van der Waals surface area contributed by atoms with Crippen molar-refractivity contribution in [2.24, 2.45) is 0 Å². The highest BCUT2D eigenvalue weighted by molar-refractivity contribution is 5.97. The maximum atomic E-state index is 12.3. The van der Waals surface area contributed by atoms with E-state index in [1.807, 2.05) is 0 Å². The minimum atomic E-state index is -4.59. The molecule has 0 saturated carbocycles. The smallest absolute Gasteiger partial charge is 0.466 e. The number of rotatable bonds is 9. The molecular formula is C17H21F3N2O5. The van der Waals surface area contributed by atoms with Crippen molar-refractivity contribution in [2.75, 3.05) is 18.5 Å². The van der Waals surface area contributed by atoms with Crippen LogP contribution in [0.1, 0.15) is 37.0 Å². The predicted molar refractivity (Wildman–Crippen MR) is 89.9 cm³/mol. The molecule has 0 fully saturated rings. The molecule has 0 aliphatic rings. The first-order valence-electron chi connectivity index (χ1n) is 8.24. The number of anilines is 1. The Balaban J connectivity index is 2.76. The second kappa shape index (κ2) is 10.4. The van der Waals surface area contributed by atoms with Crippen LogP contribution in [0, 0.1) is 0 Å². The Kier molecular flexibility index (Phi) is 8.57. The van der Waals surface area contributed by atoms with Crippen LogP contribution in [0.2, 0.25) is 0 Å². The summed E-state index contributed by atoms with van der Waals surface area (Å²) in [6, 6.07) is 3.43. The lowest BCUT2D eigenvalue weighted by Gasteiger charge is -2.17. The van der Waals surface area contributed by atoms with Gasteiger partial charge in [-0.25, -0.2) is 4.79 Å². The Labute approximate surface area is 154 Å². The Bertz CT molecular complexity index is 647. The third-order valence-electron chi connectivity index (χ3n) is 3.25. The second-order valence-corrected chi connectivity index (χ2v) is 5.32. The first kappa shape index (κ1) is 22.3. The van der Waals surface area contributed by atoms with Crippen molar-refractivity contribution >= 4 is 23.5 Å². The van der Waals surface area contributed by atoms with E-state index in [9.17, 15) is 27.6 Å². The zero-order valence-corrected chi connectivity index (χ0v) is 14.9. The fraction of sp³-hybridized carbons (Fsp3) is 0.471. The molecule has 7 nitrogen and oxygen atoms in total. The molecule has 0 spiro atoms. The first-order chi connectivity index (χ1) is 12.7. The summed E-state index contributed by atoms with van der Waals surface area (Å²) >= 11 is 0. The van der Waals surface area contributed by atoms with E-state index in [1.165, 1.54) is 17.4 Å². The van der Waals surface area contributed by atoms with Crippen molar-refractivity contribution in [3.63, 3.8) is 0 Å². The molecule has 0 saturated heterocycles. The van der Waals surface area contributed by atoms with Gasteiger partial charge in [-0.15, -0.1) is 0 Å². The number of hydrogen-bond acceptors (Lipinski definition) is 6. The summed E-state index contributed by atoms with van der Waals surface area (Å²) in [5.74, 6) is -1.93. The number of esters is 2. The standard InChI is InChI=1S/C17H21F3N2O5/c1-3-26-14(23)10-9-13(16(25)27-4-2)21-15(24)11-5-7-12(8-6-11)22-17(18,19)20/h5-8,13,22H,3-4,9-10H2,1-2H3,(H,21,24)/t13-/m1/s1. The molecule has 0 radical (unpaired) electrons. The van der Waals surface area contributed by atoms with Crippen LogP contribution < -0.4 is 10.6 Å². The summed E-state index contributed by atoms with van der Waals surface area (Å²) < 4.78 is 46.4. The van der Waals surface area contributed by atoms with Crippen LogP contribution in [0.4, 0.5) is 18.9 Å². The van der Waals surface area contributed by atoms with Crippen LogP contribution in [-0.2, 0) is 19.1 Å². The first-order valence-corrected chi connectivity index (χ1v) is 8.24. The molecule has 150 valence electrons. The summed E-state index contributed by atoms with van der Waals surface area (Å²) in [7, 11) is 0. The molecule has 2 N–H and O–H groups in total. The van der Waals surface area contributed by atoms with Crippen molar-refractivity contribution in [3.8, 4) is 0 Å². The van der Waals surface area contributed by atoms with Gasteiger partial charge in [-0.05, 0) is 44.5 Å². The van der Waals surface area contributed by atoms with Gasteiger partial charge < -0.3 is 14.8 Å². The fourth-order valence-corrected chi connectivity index (χ4v) is 2.10. The molecule has 0 bridgehead atoms. The Morgan fingerprint density at radius 1 is 1.04 bits per heavy atom. The summed E-state index contributed by atoms with van der Waals surface area (Å²) in [4.78, 5) is 35.7. The summed E-state index contributed by atoms with van der Waals surface area (Å²) in [5, 5.41) is 3.73. The van der Waals surface area contributed by atoms with E-state index in [0.717, 1.165) is 12.1 Å². The fourth-order valence-electron chi connectivity index (χ4n) is 2.10. The lowest BCUT2D eigenvalue weighted by Crippen LogP contribution is -2.42. The highest BCUT2D eigenvalue weighted by Crippen LogP contribution is 2.20. The number of hydrogen-bond donors (Lipinski definition) is 2. The Morgan fingerprint density at radius 2 is 1.63 bits per heavy atom. The van der Waals surface area contributed by atoms with Gasteiger partial charge >= 0.3 is 18.2 Å². The minimum absolute atomic E-state index is 0.0306. The van der Waals surface area contributed by atoms with Crippen LogP contribution in [0.25, 0.3) is 0 Å². The number of carbonyl (C=O) groups is 3. The van der Waals surface area contributed by atoms with Crippen LogP contribution >= 0.6 is 0 Å². The molecule has 0 unspecified atom stereocenters. The number of amides is 1. The zero-order valence-electron chi connectivity index (χ0n) is 14.9. The van der Waals surface area contributed by atoms with E-state index in [4.69, 9.17) is 9.47 Å². The van der Waals surface area contributed by atoms with Gasteiger partial charge in [-0.1, -0.05) is 0 Å². The number of alkyl halides is 3. The predicted octanol–water partition coefficient (Wildman–Crippen LogP) is 2.62. The van der Waals surface area contributed by atoms with E-state index in [1.54, 1.807) is 13.8 Å². The topological polar surface area (TPSA) is 93.7 Å². The molecule has 0 aromatic heterocycles. The molecule has 1 aromatic carbocycles. The number of benzene rings is 1. The summed E-state index contributed by atoms with van der Waals surface area (Å²) in [6.07, 6.45) is -4.73. The number of carbonyl (C=O) groups excluding carboxylic acids is 3. The Hall–Kier alpha value is -2.78. The molecule has 0 heterocycles. The molecule has 0 aliphatic heterocycles. The van der Waals surface area contributed by atoms with Gasteiger partial charge in [0.1, 0.15) is 6.04 Å². The summed E-state index contributed by atoms with van der Waals surface area (Å²) in [5.41, 5.74) is -0.184. The van der Waals surface area contributed by atoms with Gasteiger partial charge in [0, 0.05) is 17.7 Å². The SMILES string of the molecule is CCOC(=O)CC[C@@H](NC(=O)c1ccc(NC(F)(F)F)cc1)C(=O)OCC. The third kappa shape index (κ3) is 8.43. The van der Waals surface area contributed by atoms with E-state index in [-0.39, 0.29) is 37.3 Å². The molecule has 0 aliphatic carbocycles. The van der Waals surface area contributed by atoms with Gasteiger partial charge in [0.25, 0.3) is 5.91 Å². The van der Waals surface area contributed by atoms with E-state index in [2.05, 4.69) is 5.32 Å². The normalized spacial score (nSPS) is 12.0. The minimum Gasteiger partial charge on any atom is -0.466 e. The third-order valence-corrected chi connectivity index (χ3v) is 3.25. The number of ether oxygens (including phenoxy) is 2. The zero-order chi connectivity index (χ0) is 20.4. The molecular weight excluding hydrogens is 369 g/mol. The molecule has 1 amide bonds. The number of halogens is 3. The van der Waals surface area contributed by atoms with Crippen LogP contribution in [0.3, 0.4) is 0 Å². The second-order valence-electron chi connectivity index (χ2n) is 5.32. The molecule has 1 rings (SSSR count). The average molecular weight is 390 g/mol. The molecule has 1 aromatic rings. The molecule has 1 atom stereocenters. The molecule has 10 heteroatoms. The highest BCUT2D eigenvalue weighted by atomic mass is 19.4. The van der Waals surface area contributed by atoms with Crippen LogP contribution in [0.15, 0.2) is 24.3 Å². The monoisotopic (exact) mass is 390 g/mol. The molecule has 27 heavy (non-hydrogen) atoms. The maximum Gasteiger partial charge on any atom is 0.482 e. The van der Waals surface area contributed by atoms with Gasteiger partial charge in [0.05, 0.1) is 13.2 Å². The van der Waals surface area contributed by atoms with Gasteiger partial charge in [0.2, 0.25) is 0 Å². The maximum absolute atomic E-state index is 12.3. The average Bonchev–Trinajstić information content (AvgIpc) is 2.58. The van der Waals surface area contributed by atoms with Gasteiger partial charge in [0.15, 0.2) is 0 Å². The Morgan fingerprint density at radius 3 is 2.15 bits per heavy atom. The van der Waals surface area contributed by atoms with Crippen molar-refractivity contribution in [2.45, 2.75) is 39.0 Å². The van der Waals surface area contributed by atoms with Crippen molar-refractivity contribution in [3.05, 3.63) is 29.8 Å². The quantitative estimate of drug-likeness (QED) is 0.497. The van der Waals surface area contributed by atoms with Crippen LogP contribution in [-0.4, -0.2) is 43.4 Å². The van der Waals surface area contributed by atoms with E-state index >= 15 is 0 Å². The van der Waals surface area contributed by atoms with Crippen LogP contribution in [0.5, 0.6) is 0 Å². The number of nitrogens with one attached hydrogen (secondary N) is 2. The van der Waals surface area contributed by atoms with E-state index < -0.39 is 30.2 Å². The lowest BCUT2D eigenvalue weighted by molar-refractivity contribution is -0.146. The highest BCUT2D eigenvalue weighted by Gasteiger charge is 2.27. The van der Waals surface area contributed by atoms with Crippen molar-refractivity contribution in [1.29, 1.82) is 0 Å². The van der Waals surface area contributed by atoms with Crippen molar-refractivity contribution < 1.29 is 37.0 Å². The van der Waals surface area contributed by atoms with Gasteiger partial charge in [-0.2, -0.15) is 13.2 Å². The van der Waals surface area contributed by atoms with Crippen molar-refractivity contribution in [1.82, 2.24) is 5.32 Å². The van der Waals surface area contributed by atoms with Gasteiger partial charge in [-0.3, -0.25) is 14.9 Å².